The summed E-state index contributed by atoms with van der Waals surface area (Å²) < 4.78 is 18.4. The molecule has 6 heteroatoms. The molecule has 1 N–H and O–H groups in total. The molecule has 0 saturated carbocycles. The van der Waals surface area contributed by atoms with Crippen LogP contribution in [0, 0.1) is 12.7 Å². The van der Waals surface area contributed by atoms with E-state index in [1.165, 1.54) is 12.4 Å². The van der Waals surface area contributed by atoms with Gasteiger partial charge in [-0.1, -0.05) is 17.3 Å². The van der Waals surface area contributed by atoms with Gasteiger partial charge >= 0.3 is 0 Å². The van der Waals surface area contributed by atoms with Gasteiger partial charge in [0.2, 0.25) is 5.89 Å². The maximum atomic E-state index is 13.7. The molecule has 1 heterocycles. The molecule has 0 aliphatic heterocycles. The Labute approximate surface area is 103 Å². The van der Waals surface area contributed by atoms with Crippen LogP contribution in [0.1, 0.15) is 21.8 Å². The van der Waals surface area contributed by atoms with Gasteiger partial charge in [-0.05, 0) is 18.6 Å². The van der Waals surface area contributed by atoms with E-state index in [2.05, 4.69) is 15.5 Å². The van der Waals surface area contributed by atoms with Crippen LogP contribution in [0.5, 0.6) is 0 Å². The molecule has 1 aromatic heterocycles. The van der Waals surface area contributed by atoms with E-state index in [0.29, 0.717) is 24.4 Å². The number of hydrogen-bond acceptors (Lipinski definition) is 4. The van der Waals surface area contributed by atoms with Crippen molar-refractivity contribution in [3.8, 4) is 0 Å². The van der Waals surface area contributed by atoms with Gasteiger partial charge in [-0.15, -0.1) is 0 Å². The molecule has 0 saturated heterocycles. The van der Waals surface area contributed by atoms with Crippen LogP contribution in [-0.2, 0) is 6.42 Å². The number of nitrogens with one attached hydrogen (secondary N) is 1. The Hall–Kier alpha value is -2.24. The maximum Gasteiger partial charge on any atom is 0.254 e. The van der Waals surface area contributed by atoms with Crippen molar-refractivity contribution in [3.63, 3.8) is 0 Å². The molecule has 0 radical (unpaired) electrons. The van der Waals surface area contributed by atoms with Gasteiger partial charge in [0.1, 0.15) is 5.82 Å². The van der Waals surface area contributed by atoms with Crippen molar-refractivity contribution in [2.75, 3.05) is 6.54 Å². The van der Waals surface area contributed by atoms with Crippen LogP contribution >= 0.6 is 0 Å². The predicted molar refractivity (Wildman–Crippen MR) is 61.5 cm³/mol. The fourth-order valence-electron chi connectivity index (χ4n) is 1.51. The maximum absolute atomic E-state index is 13.7. The van der Waals surface area contributed by atoms with Crippen molar-refractivity contribution < 1.29 is 13.7 Å². The average Bonchev–Trinajstić information content (AvgIpc) is 2.85. The van der Waals surface area contributed by atoms with Crippen LogP contribution in [0.25, 0.3) is 0 Å². The molecule has 1 amide bonds. The first-order chi connectivity index (χ1) is 8.68. The molecule has 94 valence electrons. The number of aromatic nitrogens is 2. The van der Waals surface area contributed by atoms with Crippen LogP contribution in [0.2, 0.25) is 0 Å². The highest BCUT2D eigenvalue weighted by Gasteiger charge is 2.12. The van der Waals surface area contributed by atoms with Crippen LogP contribution in [0.4, 0.5) is 4.39 Å². The highest BCUT2D eigenvalue weighted by Crippen LogP contribution is 2.11. The minimum Gasteiger partial charge on any atom is -0.351 e. The third-order valence-electron chi connectivity index (χ3n) is 2.47. The van der Waals surface area contributed by atoms with Gasteiger partial charge in [-0.25, -0.2) is 4.39 Å². The number of aryl methyl sites for hydroxylation is 1. The molecule has 0 aliphatic carbocycles. The lowest BCUT2D eigenvalue weighted by atomic mass is 10.1. The van der Waals surface area contributed by atoms with Crippen molar-refractivity contribution in [3.05, 3.63) is 47.4 Å². The van der Waals surface area contributed by atoms with E-state index in [-0.39, 0.29) is 5.56 Å². The number of benzene rings is 1. The molecule has 5 nitrogen and oxygen atoms in total. The summed E-state index contributed by atoms with van der Waals surface area (Å²) in [5, 5.41) is 6.04. The molecular formula is C12H12FN3O2. The smallest absolute Gasteiger partial charge is 0.254 e. The Morgan fingerprint density at radius 3 is 3.06 bits per heavy atom. The lowest BCUT2D eigenvalue weighted by Crippen LogP contribution is -2.26. The van der Waals surface area contributed by atoms with Crippen molar-refractivity contribution in [2.45, 2.75) is 13.3 Å². The number of nitrogens with zero attached hydrogens (tertiary/aromatic N) is 2. The van der Waals surface area contributed by atoms with E-state index in [4.69, 9.17) is 4.52 Å². The summed E-state index contributed by atoms with van der Waals surface area (Å²) in [4.78, 5) is 15.5. The third-order valence-corrected chi connectivity index (χ3v) is 2.47. The second-order valence-corrected chi connectivity index (χ2v) is 3.78. The molecule has 2 aromatic rings. The number of halogens is 1. The molecule has 0 fully saturated rings. The molecule has 0 aliphatic rings. The molecule has 0 unspecified atom stereocenters. The average molecular weight is 249 g/mol. The Balaban J connectivity index is 1.93. The van der Waals surface area contributed by atoms with Gasteiger partial charge in [0.05, 0.1) is 5.56 Å². The zero-order chi connectivity index (χ0) is 13.0. The standard InChI is InChI=1S/C12H12FN3O2/c1-8-3-2-4-9(11(8)13)12(17)14-6-5-10-15-7-16-18-10/h2-4,7H,5-6H2,1H3,(H,14,17). The molecule has 2 rings (SSSR count). The second-order valence-electron chi connectivity index (χ2n) is 3.78. The van der Waals surface area contributed by atoms with Crippen molar-refractivity contribution >= 4 is 5.91 Å². The topological polar surface area (TPSA) is 68.0 Å². The fraction of sp³-hybridized carbons (Fsp3) is 0.250. The minimum atomic E-state index is -0.493. The second kappa shape index (κ2) is 5.39. The van der Waals surface area contributed by atoms with Crippen LogP contribution in [-0.4, -0.2) is 22.6 Å². The van der Waals surface area contributed by atoms with E-state index in [1.54, 1.807) is 19.1 Å². The molecule has 0 spiro atoms. The zero-order valence-electron chi connectivity index (χ0n) is 9.81. The minimum absolute atomic E-state index is 0.0422. The lowest BCUT2D eigenvalue weighted by molar-refractivity contribution is 0.0949. The molecular weight excluding hydrogens is 237 g/mol. The highest BCUT2D eigenvalue weighted by molar-refractivity contribution is 5.94. The number of carbonyl (C=O) groups excluding carboxylic acids is 1. The quantitative estimate of drug-likeness (QED) is 0.891. The van der Waals surface area contributed by atoms with Gasteiger partial charge in [0.25, 0.3) is 5.91 Å². The summed E-state index contributed by atoms with van der Waals surface area (Å²) in [7, 11) is 0. The van der Waals surface area contributed by atoms with Gasteiger partial charge < -0.3 is 9.84 Å². The Kier molecular flexibility index (Phi) is 3.66. The van der Waals surface area contributed by atoms with E-state index in [1.807, 2.05) is 0 Å². The fourth-order valence-corrected chi connectivity index (χ4v) is 1.51. The van der Waals surface area contributed by atoms with Crippen molar-refractivity contribution in [1.82, 2.24) is 15.5 Å². The van der Waals surface area contributed by atoms with Gasteiger partial charge in [0.15, 0.2) is 6.33 Å². The summed E-state index contributed by atoms with van der Waals surface area (Å²) in [5.74, 6) is -0.511. The normalized spacial score (nSPS) is 10.3. The molecule has 0 atom stereocenters. The number of rotatable bonds is 4. The Morgan fingerprint density at radius 1 is 1.50 bits per heavy atom. The van der Waals surface area contributed by atoms with Gasteiger partial charge in [-0.3, -0.25) is 4.79 Å². The summed E-state index contributed by atoms with van der Waals surface area (Å²) in [6.07, 6.45) is 1.70. The number of hydrogen-bond donors (Lipinski definition) is 1. The van der Waals surface area contributed by atoms with Crippen LogP contribution in [0.15, 0.2) is 29.0 Å². The van der Waals surface area contributed by atoms with Crippen LogP contribution < -0.4 is 5.32 Å². The van der Waals surface area contributed by atoms with E-state index in [9.17, 15) is 9.18 Å². The Bertz CT molecular complexity index is 540. The molecule has 18 heavy (non-hydrogen) atoms. The lowest BCUT2D eigenvalue weighted by Gasteiger charge is -2.06. The summed E-state index contributed by atoms with van der Waals surface area (Å²) in [5.41, 5.74) is 0.486. The third kappa shape index (κ3) is 2.71. The number of carbonyl (C=O) groups is 1. The van der Waals surface area contributed by atoms with E-state index in [0.717, 1.165) is 0 Å². The van der Waals surface area contributed by atoms with Crippen molar-refractivity contribution in [2.24, 2.45) is 0 Å². The van der Waals surface area contributed by atoms with E-state index >= 15 is 0 Å². The first kappa shape index (κ1) is 12.2. The Morgan fingerprint density at radius 2 is 2.33 bits per heavy atom. The number of amides is 1. The SMILES string of the molecule is Cc1cccc(C(=O)NCCc2ncno2)c1F. The predicted octanol–water partition coefficient (Wildman–Crippen LogP) is 1.49. The largest absolute Gasteiger partial charge is 0.351 e. The monoisotopic (exact) mass is 249 g/mol. The van der Waals surface area contributed by atoms with E-state index < -0.39 is 11.7 Å². The zero-order valence-corrected chi connectivity index (χ0v) is 9.81. The first-order valence-corrected chi connectivity index (χ1v) is 5.47. The highest BCUT2D eigenvalue weighted by atomic mass is 19.1. The van der Waals surface area contributed by atoms with Crippen molar-refractivity contribution in [1.29, 1.82) is 0 Å². The van der Waals surface area contributed by atoms with Gasteiger partial charge in [0, 0.05) is 13.0 Å². The molecule has 1 aromatic carbocycles. The first-order valence-electron chi connectivity index (χ1n) is 5.47. The van der Waals surface area contributed by atoms with Crippen LogP contribution in [0.3, 0.4) is 0 Å². The summed E-state index contributed by atoms with van der Waals surface area (Å²) in [6.45, 7) is 1.93. The molecule has 0 bridgehead atoms. The summed E-state index contributed by atoms with van der Waals surface area (Å²) in [6, 6.07) is 4.71. The van der Waals surface area contributed by atoms with Gasteiger partial charge in [-0.2, -0.15) is 4.98 Å². The summed E-state index contributed by atoms with van der Waals surface area (Å²) >= 11 is 0.